The lowest BCUT2D eigenvalue weighted by molar-refractivity contribution is 0.425. The van der Waals surface area contributed by atoms with Gasteiger partial charge in [0.05, 0.1) is 11.2 Å². The molecule has 1 aromatic rings. The molecular formula is C8H12N4O. The molecule has 2 heterocycles. The van der Waals surface area contributed by atoms with Crippen LogP contribution in [0.1, 0.15) is 25.1 Å². The van der Waals surface area contributed by atoms with Gasteiger partial charge in [0.25, 0.3) is 0 Å². The van der Waals surface area contributed by atoms with Crippen LogP contribution in [0.5, 0.6) is 0 Å². The van der Waals surface area contributed by atoms with Gasteiger partial charge in [-0.25, -0.2) is 0 Å². The molecule has 0 aromatic carbocycles. The molecule has 2 rings (SSSR count). The third-order valence-corrected chi connectivity index (χ3v) is 2.45. The first kappa shape index (κ1) is 8.25. The van der Waals surface area contributed by atoms with Crippen molar-refractivity contribution in [1.29, 1.82) is 0 Å². The van der Waals surface area contributed by atoms with Crippen molar-refractivity contribution in [2.45, 2.75) is 25.9 Å². The number of hydrogen-bond acceptors (Lipinski definition) is 4. The maximum absolute atomic E-state index is 10.5. The number of anilines is 1. The molecule has 0 spiro atoms. The molecule has 0 aliphatic carbocycles. The second kappa shape index (κ2) is 2.32. The average molecular weight is 180 g/mol. The van der Waals surface area contributed by atoms with Gasteiger partial charge in [-0.3, -0.25) is 4.79 Å². The van der Waals surface area contributed by atoms with Gasteiger partial charge in [0.15, 0.2) is 0 Å². The Kier molecular flexibility index (Phi) is 1.47. The van der Waals surface area contributed by atoms with Crippen LogP contribution in [0.3, 0.4) is 0 Å². The maximum Gasteiger partial charge on any atom is 0.235 e. The number of carbonyl (C=O) groups is 1. The predicted octanol–water partition coefficient (Wildman–Crippen LogP) is -0.158. The van der Waals surface area contributed by atoms with Crippen molar-refractivity contribution >= 4 is 12.2 Å². The Labute approximate surface area is 75.9 Å². The predicted molar refractivity (Wildman–Crippen MR) is 48.7 cm³/mol. The summed E-state index contributed by atoms with van der Waals surface area (Å²) >= 11 is 0. The maximum atomic E-state index is 10.5. The number of nitrogens with two attached hydrogens (primary N) is 1. The highest BCUT2D eigenvalue weighted by Gasteiger charge is 2.34. The minimum Gasteiger partial charge on any atom is -0.383 e. The van der Waals surface area contributed by atoms with Gasteiger partial charge in [-0.15, -0.1) is 0 Å². The molecular weight excluding hydrogens is 168 g/mol. The Morgan fingerprint density at radius 2 is 2.38 bits per heavy atom. The van der Waals surface area contributed by atoms with E-state index >= 15 is 0 Å². The normalized spacial score (nSPS) is 18.6. The summed E-state index contributed by atoms with van der Waals surface area (Å²) in [6, 6.07) is 0. The zero-order valence-corrected chi connectivity index (χ0v) is 7.66. The number of nitrogen functional groups attached to an aromatic ring is 1. The number of aromatic nitrogens is 2. The van der Waals surface area contributed by atoms with Gasteiger partial charge in [0, 0.05) is 12.1 Å². The fourth-order valence-corrected chi connectivity index (χ4v) is 1.63. The Morgan fingerprint density at radius 3 is 2.92 bits per heavy atom. The van der Waals surface area contributed by atoms with Crippen molar-refractivity contribution < 1.29 is 4.79 Å². The van der Waals surface area contributed by atoms with Gasteiger partial charge in [-0.05, 0) is 13.8 Å². The smallest absolute Gasteiger partial charge is 0.235 e. The number of nitrogens with one attached hydrogen (secondary N) is 1. The molecule has 0 radical (unpaired) electrons. The summed E-state index contributed by atoms with van der Waals surface area (Å²) in [5, 5.41) is 7.38. The van der Waals surface area contributed by atoms with Gasteiger partial charge in [0.2, 0.25) is 6.41 Å². The van der Waals surface area contributed by atoms with Crippen LogP contribution in [-0.2, 0) is 16.9 Å². The van der Waals surface area contributed by atoms with Crippen LogP contribution in [0.15, 0.2) is 0 Å². The zero-order chi connectivity index (χ0) is 9.64. The average Bonchev–Trinajstić information content (AvgIpc) is 2.53. The molecule has 1 aromatic heterocycles. The van der Waals surface area contributed by atoms with Crippen LogP contribution in [0.4, 0.5) is 5.82 Å². The van der Waals surface area contributed by atoms with Crippen LogP contribution in [0.25, 0.3) is 0 Å². The molecule has 1 aliphatic rings. The van der Waals surface area contributed by atoms with Crippen molar-refractivity contribution in [3.63, 3.8) is 0 Å². The highest BCUT2D eigenvalue weighted by Crippen LogP contribution is 2.32. The lowest BCUT2D eigenvalue weighted by Gasteiger charge is -2.16. The molecule has 5 nitrogen and oxygen atoms in total. The van der Waals surface area contributed by atoms with Crippen molar-refractivity contribution in [1.82, 2.24) is 15.1 Å². The van der Waals surface area contributed by atoms with Gasteiger partial charge in [-0.1, -0.05) is 0 Å². The van der Waals surface area contributed by atoms with Crippen LogP contribution in [0.2, 0.25) is 0 Å². The summed E-state index contributed by atoms with van der Waals surface area (Å²) in [5.74, 6) is 0.447. The molecule has 13 heavy (non-hydrogen) atoms. The summed E-state index contributed by atoms with van der Waals surface area (Å²) in [6.45, 7) is 4.71. The number of rotatable bonds is 1. The lowest BCUT2D eigenvalue weighted by Crippen LogP contribution is -2.30. The standard InChI is InChI=1S/C8H12N4O/c1-8(2)6-5(3-10-8)7(9)12(4-13)11-6/h4,10H,3,9H2,1-2H3. The van der Waals surface area contributed by atoms with E-state index in [1.54, 1.807) is 0 Å². The first-order valence-corrected chi connectivity index (χ1v) is 4.14. The van der Waals surface area contributed by atoms with E-state index in [9.17, 15) is 4.79 Å². The van der Waals surface area contributed by atoms with E-state index in [1.165, 1.54) is 4.68 Å². The summed E-state index contributed by atoms with van der Waals surface area (Å²) in [5.41, 5.74) is 7.35. The van der Waals surface area contributed by atoms with Crippen LogP contribution >= 0.6 is 0 Å². The molecule has 70 valence electrons. The van der Waals surface area contributed by atoms with Crippen molar-refractivity contribution in [2.24, 2.45) is 0 Å². The van der Waals surface area contributed by atoms with Crippen molar-refractivity contribution in [2.75, 3.05) is 5.73 Å². The van der Waals surface area contributed by atoms with Gasteiger partial charge in [-0.2, -0.15) is 9.78 Å². The number of nitrogens with zero attached hydrogens (tertiary/aromatic N) is 2. The largest absolute Gasteiger partial charge is 0.383 e. The summed E-state index contributed by atoms with van der Waals surface area (Å²) in [4.78, 5) is 10.5. The topological polar surface area (TPSA) is 72.9 Å². The van der Waals surface area contributed by atoms with E-state index < -0.39 is 0 Å². The molecule has 0 saturated heterocycles. The van der Waals surface area contributed by atoms with E-state index in [-0.39, 0.29) is 5.54 Å². The minimum absolute atomic E-state index is 0.183. The Bertz CT molecular complexity index is 366. The highest BCUT2D eigenvalue weighted by molar-refractivity contribution is 5.62. The van der Waals surface area contributed by atoms with Gasteiger partial charge >= 0.3 is 0 Å². The molecule has 0 saturated carbocycles. The molecule has 0 bridgehead atoms. The van der Waals surface area contributed by atoms with Gasteiger partial charge in [0.1, 0.15) is 5.82 Å². The molecule has 0 fully saturated rings. The zero-order valence-electron chi connectivity index (χ0n) is 7.66. The first-order valence-electron chi connectivity index (χ1n) is 4.14. The number of carbonyl (C=O) groups excluding carboxylic acids is 1. The third kappa shape index (κ3) is 0.968. The third-order valence-electron chi connectivity index (χ3n) is 2.45. The quantitative estimate of drug-likeness (QED) is 0.589. The summed E-state index contributed by atoms with van der Waals surface area (Å²) < 4.78 is 1.19. The van der Waals surface area contributed by atoms with Crippen LogP contribution in [-0.4, -0.2) is 16.2 Å². The minimum atomic E-state index is -0.183. The highest BCUT2D eigenvalue weighted by atomic mass is 16.1. The second-order valence-corrected chi connectivity index (χ2v) is 3.74. The number of fused-ring (bicyclic) bond motifs is 1. The molecule has 5 heteroatoms. The molecule has 3 N–H and O–H groups in total. The van der Waals surface area contributed by atoms with E-state index in [4.69, 9.17) is 5.73 Å². The molecule has 0 amide bonds. The van der Waals surface area contributed by atoms with E-state index in [1.807, 2.05) is 13.8 Å². The summed E-state index contributed by atoms with van der Waals surface area (Å²) in [7, 11) is 0. The first-order chi connectivity index (χ1) is 6.06. The van der Waals surface area contributed by atoms with Crippen molar-refractivity contribution in [3.05, 3.63) is 11.3 Å². The molecule has 1 aliphatic heterocycles. The second-order valence-electron chi connectivity index (χ2n) is 3.74. The van der Waals surface area contributed by atoms with Crippen LogP contribution in [0, 0.1) is 0 Å². The Morgan fingerprint density at radius 1 is 1.69 bits per heavy atom. The fraction of sp³-hybridized carbons (Fsp3) is 0.500. The van der Waals surface area contributed by atoms with Crippen molar-refractivity contribution in [3.8, 4) is 0 Å². The van der Waals surface area contributed by atoms with Gasteiger partial charge < -0.3 is 11.1 Å². The molecule has 0 unspecified atom stereocenters. The van der Waals surface area contributed by atoms with Crippen LogP contribution < -0.4 is 11.1 Å². The monoisotopic (exact) mass is 180 g/mol. The summed E-state index contributed by atoms with van der Waals surface area (Å²) in [6.07, 6.45) is 0.629. The lowest BCUT2D eigenvalue weighted by atomic mass is 10.0. The van der Waals surface area contributed by atoms with E-state index in [2.05, 4.69) is 10.4 Å². The van der Waals surface area contributed by atoms with E-state index in [0.717, 1.165) is 11.3 Å². The van der Waals surface area contributed by atoms with E-state index in [0.29, 0.717) is 18.8 Å². The number of hydrogen-bond donors (Lipinski definition) is 2. The Hall–Kier alpha value is -1.36. The SMILES string of the molecule is CC1(C)NCc2c1nn(C=O)c2N. The fourth-order valence-electron chi connectivity index (χ4n) is 1.63. The Balaban J connectivity index is 2.61. The molecule has 0 atom stereocenters.